The van der Waals surface area contributed by atoms with Gasteiger partial charge >= 0.3 is 0 Å². The number of aromatic hydroxyl groups is 1. The van der Waals surface area contributed by atoms with Crippen LogP contribution < -0.4 is 5.43 Å². The van der Waals surface area contributed by atoms with Gasteiger partial charge in [0.1, 0.15) is 5.75 Å². The van der Waals surface area contributed by atoms with Crippen molar-refractivity contribution < 1.29 is 9.90 Å². The first-order chi connectivity index (χ1) is 12.0. The van der Waals surface area contributed by atoms with Gasteiger partial charge in [-0.15, -0.1) is 0 Å². The maximum absolute atomic E-state index is 11.9. The van der Waals surface area contributed by atoms with E-state index in [4.69, 9.17) is 0 Å². The van der Waals surface area contributed by atoms with Crippen molar-refractivity contribution >= 4 is 50.8 Å². The number of nitrogens with one attached hydrogen (secondary N) is 1. The molecule has 0 saturated carbocycles. The summed E-state index contributed by atoms with van der Waals surface area (Å²) in [5, 5.41) is 14.4. The summed E-state index contributed by atoms with van der Waals surface area (Å²) in [6.45, 7) is 0. The molecule has 8 heteroatoms. The van der Waals surface area contributed by atoms with Crippen LogP contribution in [0.15, 0.2) is 57.2 Å². The molecule has 0 saturated heterocycles. The third kappa shape index (κ3) is 4.21. The first-order valence-electron chi connectivity index (χ1n) is 7.39. The first kappa shape index (κ1) is 17.5. The van der Waals surface area contributed by atoms with E-state index in [1.165, 1.54) is 18.0 Å². The Kier molecular flexibility index (Phi) is 5.40. The van der Waals surface area contributed by atoms with Gasteiger partial charge in [-0.25, -0.2) is 10.4 Å². The van der Waals surface area contributed by atoms with Gasteiger partial charge in [0.05, 0.1) is 23.0 Å². The molecule has 1 amide bonds. The summed E-state index contributed by atoms with van der Waals surface area (Å²) in [4.78, 5) is 16.4. The second kappa shape index (κ2) is 7.71. The minimum atomic E-state index is -0.247. The van der Waals surface area contributed by atoms with Crippen LogP contribution in [0.1, 0.15) is 5.56 Å². The van der Waals surface area contributed by atoms with Gasteiger partial charge in [0.2, 0.25) is 0 Å². The summed E-state index contributed by atoms with van der Waals surface area (Å²) in [7, 11) is 1.92. The Bertz CT molecular complexity index is 955. The fraction of sp³-hybridized carbons (Fsp3) is 0.118. The molecule has 0 spiro atoms. The molecule has 0 radical (unpaired) electrons. The van der Waals surface area contributed by atoms with Gasteiger partial charge in [-0.1, -0.05) is 39.8 Å². The molecule has 0 fully saturated rings. The number of phenols is 1. The van der Waals surface area contributed by atoms with Crippen molar-refractivity contribution in [1.82, 2.24) is 15.0 Å². The quantitative estimate of drug-likeness (QED) is 0.378. The molecule has 1 aromatic heterocycles. The largest absolute Gasteiger partial charge is 0.507 e. The lowest BCUT2D eigenvalue weighted by atomic mass is 10.2. The van der Waals surface area contributed by atoms with Crippen LogP contribution in [-0.2, 0) is 11.8 Å². The fourth-order valence-corrected chi connectivity index (χ4v) is 3.38. The van der Waals surface area contributed by atoms with Crippen LogP contribution >= 0.6 is 27.7 Å². The number of halogens is 1. The number of nitrogens with zero attached hydrogens (tertiary/aromatic N) is 3. The van der Waals surface area contributed by atoms with E-state index < -0.39 is 0 Å². The summed E-state index contributed by atoms with van der Waals surface area (Å²) in [5.41, 5.74) is 4.88. The molecule has 0 bridgehead atoms. The predicted octanol–water partition coefficient (Wildman–Crippen LogP) is 3.28. The molecule has 0 aliphatic heterocycles. The van der Waals surface area contributed by atoms with E-state index in [0.717, 1.165) is 20.7 Å². The number of fused-ring (bicyclic) bond motifs is 1. The Labute approximate surface area is 157 Å². The van der Waals surface area contributed by atoms with Crippen molar-refractivity contribution in [2.75, 3.05) is 5.75 Å². The van der Waals surface area contributed by atoms with E-state index >= 15 is 0 Å². The summed E-state index contributed by atoms with van der Waals surface area (Å²) >= 11 is 4.66. The van der Waals surface area contributed by atoms with E-state index in [-0.39, 0.29) is 17.4 Å². The highest BCUT2D eigenvalue weighted by Gasteiger charge is 2.09. The minimum Gasteiger partial charge on any atom is -0.507 e. The number of para-hydroxylation sites is 2. The van der Waals surface area contributed by atoms with Crippen LogP contribution in [-0.4, -0.2) is 32.5 Å². The molecular weight excluding hydrogens is 404 g/mol. The van der Waals surface area contributed by atoms with Gasteiger partial charge in [-0.05, 0) is 30.3 Å². The normalized spacial score (nSPS) is 11.3. The van der Waals surface area contributed by atoms with Crippen LogP contribution in [0.25, 0.3) is 11.0 Å². The molecule has 0 unspecified atom stereocenters. The van der Waals surface area contributed by atoms with E-state index in [1.807, 2.05) is 35.9 Å². The molecule has 25 heavy (non-hydrogen) atoms. The molecular formula is C17H15BrN4O2S. The Morgan fingerprint density at radius 2 is 2.20 bits per heavy atom. The number of phenolic OH excluding ortho intramolecular Hbond substituents is 1. The monoisotopic (exact) mass is 418 g/mol. The standard InChI is InChI=1S/C17H15BrN4O2S/c1-22-14-5-3-2-4-13(14)20-17(22)25-10-16(24)21-19-9-11-8-12(18)6-7-15(11)23/h2-9,23H,10H2,1H3,(H,21,24). The van der Waals surface area contributed by atoms with Gasteiger partial charge in [0.25, 0.3) is 5.91 Å². The number of benzene rings is 2. The number of aromatic nitrogens is 2. The van der Waals surface area contributed by atoms with Crippen molar-refractivity contribution in [3.05, 3.63) is 52.5 Å². The lowest BCUT2D eigenvalue weighted by molar-refractivity contribution is -0.118. The van der Waals surface area contributed by atoms with Crippen molar-refractivity contribution in [1.29, 1.82) is 0 Å². The van der Waals surface area contributed by atoms with E-state index in [1.54, 1.807) is 18.2 Å². The summed E-state index contributed by atoms with van der Waals surface area (Å²) in [5.74, 6) is 0.0389. The van der Waals surface area contributed by atoms with Crippen LogP contribution in [0.3, 0.4) is 0 Å². The highest BCUT2D eigenvalue weighted by molar-refractivity contribution is 9.10. The van der Waals surface area contributed by atoms with Gasteiger partial charge in [0.15, 0.2) is 5.16 Å². The fourth-order valence-electron chi connectivity index (χ4n) is 2.22. The zero-order valence-electron chi connectivity index (χ0n) is 13.3. The Hall–Kier alpha value is -2.32. The molecule has 0 atom stereocenters. The third-order valence-corrected chi connectivity index (χ3v) is 4.98. The maximum Gasteiger partial charge on any atom is 0.250 e. The predicted molar refractivity (Wildman–Crippen MR) is 103 cm³/mol. The number of carbonyl (C=O) groups is 1. The van der Waals surface area contributed by atoms with E-state index in [2.05, 4.69) is 31.4 Å². The smallest absolute Gasteiger partial charge is 0.250 e. The van der Waals surface area contributed by atoms with Gasteiger partial charge < -0.3 is 9.67 Å². The molecule has 3 rings (SSSR count). The number of imidazole rings is 1. The first-order valence-corrected chi connectivity index (χ1v) is 9.17. The third-order valence-electron chi connectivity index (χ3n) is 3.46. The summed E-state index contributed by atoms with van der Waals surface area (Å²) in [6.07, 6.45) is 1.40. The molecule has 0 aliphatic rings. The van der Waals surface area contributed by atoms with Crippen molar-refractivity contribution in [2.24, 2.45) is 12.1 Å². The van der Waals surface area contributed by atoms with Gasteiger partial charge in [0, 0.05) is 17.1 Å². The van der Waals surface area contributed by atoms with Crippen molar-refractivity contribution in [2.45, 2.75) is 5.16 Å². The van der Waals surface area contributed by atoms with Gasteiger partial charge in [-0.2, -0.15) is 5.10 Å². The number of carbonyl (C=O) groups excluding carboxylic acids is 1. The molecule has 3 aromatic rings. The lowest BCUT2D eigenvalue weighted by Crippen LogP contribution is -2.19. The van der Waals surface area contributed by atoms with Crippen molar-refractivity contribution in [3.8, 4) is 5.75 Å². The minimum absolute atomic E-state index is 0.0928. The molecule has 6 nitrogen and oxygen atoms in total. The van der Waals surface area contributed by atoms with E-state index in [9.17, 15) is 9.90 Å². The lowest BCUT2D eigenvalue weighted by Gasteiger charge is -2.02. The number of thioether (sulfide) groups is 1. The average molecular weight is 419 g/mol. The van der Waals surface area contributed by atoms with Gasteiger partial charge in [-0.3, -0.25) is 4.79 Å². The Morgan fingerprint density at radius 1 is 1.40 bits per heavy atom. The molecule has 2 N–H and O–H groups in total. The second-order valence-corrected chi connectivity index (χ2v) is 7.09. The highest BCUT2D eigenvalue weighted by Crippen LogP contribution is 2.22. The topological polar surface area (TPSA) is 79.5 Å². The Balaban J connectivity index is 1.58. The van der Waals surface area contributed by atoms with Crippen LogP contribution in [0, 0.1) is 0 Å². The zero-order valence-corrected chi connectivity index (χ0v) is 15.7. The van der Waals surface area contributed by atoms with Crippen molar-refractivity contribution in [3.63, 3.8) is 0 Å². The number of hydrogen-bond donors (Lipinski definition) is 2. The highest BCUT2D eigenvalue weighted by atomic mass is 79.9. The molecule has 0 aliphatic carbocycles. The number of aryl methyl sites for hydroxylation is 1. The van der Waals surface area contributed by atoms with Crippen LogP contribution in [0.2, 0.25) is 0 Å². The number of rotatable bonds is 5. The molecule has 128 valence electrons. The summed E-state index contributed by atoms with van der Waals surface area (Å²) in [6, 6.07) is 12.8. The average Bonchev–Trinajstić information content (AvgIpc) is 2.92. The molecule has 1 heterocycles. The van der Waals surface area contributed by atoms with E-state index in [0.29, 0.717) is 5.56 Å². The molecule has 2 aromatic carbocycles. The van der Waals surface area contributed by atoms with Crippen LogP contribution in [0.4, 0.5) is 0 Å². The van der Waals surface area contributed by atoms with Crippen LogP contribution in [0.5, 0.6) is 5.75 Å². The second-order valence-electron chi connectivity index (χ2n) is 5.23. The SMILES string of the molecule is Cn1c(SCC(=O)NN=Cc2cc(Br)ccc2O)nc2ccccc21. The Morgan fingerprint density at radius 3 is 3.00 bits per heavy atom. The maximum atomic E-state index is 11.9. The number of amides is 1. The zero-order chi connectivity index (χ0) is 17.8. The number of hydrogen-bond acceptors (Lipinski definition) is 5. The number of hydrazone groups is 1. The summed E-state index contributed by atoms with van der Waals surface area (Å²) < 4.78 is 2.77.